The maximum atomic E-state index is 12.0. The predicted octanol–water partition coefficient (Wildman–Crippen LogP) is 2.70. The number of phosphoric ester groups is 1. The number of rotatable bonds is 17. The Morgan fingerprint density at radius 2 is 1.68 bits per heavy atom. The van der Waals surface area contributed by atoms with Crippen molar-refractivity contribution in [1.82, 2.24) is 5.32 Å². The third-order valence-corrected chi connectivity index (χ3v) is 5.20. The summed E-state index contributed by atoms with van der Waals surface area (Å²) >= 11 is 0. The van der Waals surface area contributed by atoms with Crippen molar-refractivity contribution in [3.8, 4) is 0 Å². The average Bonchev–Trinajstić information content (AvgIpc) is 2.68. The molecule has 0 aliphatic carbocycles. The van der Waals surface area contributed by atoms with Crippen LogP contribution in [0.4, 0.5) is 0 Å². The zero-order chi connectivity index (χ0) is 23.8. The van der Waals surface area contributed by atoms with Crippen LogP contribution in [0.2, 0.25) is 0 Å². The number of phosphoric acid groups is 1. The standard InChI is InChI=1S/C22H41N2O6P/c1-6-8-9-10-11-12-13-14-15-16-21(25)20(23-22(26)7-2)19-30-31(27,28)29-18-17-24(3,4)5/h6,8,11-12,15-16,20-21,25H,7,9-10,13-14,17-19H2,1-5H3,(H-,23,26,27,28)/b8-6+,12-11+,16-15+. The van der Waals surface area contributed by atoms with Gasteiger partial charge in [-0.25, -0.2) is 0 Å². The minimum Gasteiger partial charge on any atom is -0.756 e. The molecular weight excluding hydrogens is 419 g/mol. The maximum absolute atomic E-state index is 12.0. The van der Waals surface area contributed by atoms with Gasteiger partial charge in [0.1, 0.15) is 13.2 Å². The summed E-state index contributed by atoms with van der Waals surface area (Å²) in [6.45, 7) is 3.73. The lowest BCUT2D eigenvalue weighted by Gasteiger charge is -2.29. The summed E-state index contributed by atoms with van der Waals surface area (Å²) in [4.78, 5) is 23.7. The molecule has 3 atom stereocenters. The lowest BCUT2D eigenvalue weighted by Crippen LogP contribution is -2.45. The highest BCUT2D eigenvalue weighted by Gasteiger charge is 2.22. The molecule has 0 aromatic carbocycles. The van der Waals surface area contributed by atoms with E-state index in [0.717, 1.165) is 25.7 Å². The molecule has 8 nitrogen and oxygen atoms in total. The van der Waals surface area contributed by atoms with Crippen LogP contribution in [-0.2, 0) is 18.4 Å². The van der Waals surface area contributed by atoms with Crippen molar-refractivity contribution < 1.29 is 32.9 Å². The summed E-state index contributed by atoms with van der Waals surface area (Å²) in [6.07, 6.45) is 14.4. The van der Waals surface area contributed by atoms with Crippen LogP contribution in [0.1, 0.15) is 46.0 Å². The van der Waals surface area contributed by atoms with Gasteiger partial charge in [-0.3, -0.25) is 9.36 Å². The van der Waals surface area contributed by atoms with E-state index in [4.69, 9.17) is 9.05 Å². The fourth-order valence-electron chi connectivity index (χ4n) is 2.33. The number of carbonyl (C=O) groups excluding carboxylic acids is 1. The fraction of sp³-hybridized carbons (Fsp3) is 0.682. The van der Waals surface area contributed by atoms with Crippen molar-refractivity contribution in [2.75, 3.05) is 40.9 Å². The molecule has 0 bridgehead atoms. The Balaban J connectivity index is 4.61. The fourth-order valence-corrected chi connectivity index (χ4v) is 3.05. The largest absolute Gasteiger partial charge is 0.756 e. The van der Waals surface area contributed by atoms with E-state index in [2.05, 4.69) is 23.5 Å². The Morgan fingerprint density at radius 1 is 1.10 bits per heavy atom. The number of nitrogens with one attached hydrogen (secondary N) is 1. The van der Waals surface area contributed by atoms with Crippen molar-refractivity contribution >= 4 is 13.7 Å². The number of amides is 1. The molecule has 31 heavy (non-hydrogen) atoms. The highest BCUT2D eigenvalue weighted by molar-refractivity contribution is 7.45. The SMILES string of the molecule is C/C=C/CC/C=C/CC/C=C/C(O)C(COP(=O)([O-])OCC[N+](C)(C)C)NC(=O)CC. The molecule has 0 aliphatic rings. The summed E-state index contributed by atoms with van der Waals surface area (Å²) in [5.41, 5.74) is 0. The second kappa shape index (κ2) is 16.4. The van der Waals surface area contributed by atoms with Crippen molar-refractivity contribution in [2.24, 2.45) is 0 Å². The number of unbranched alkanes of at least 4 members (excludes halogenated alkanes) is 2. The monoisotopic (exact) mass is 460 g/mol. The number of aliphatic hydroxyl groups excluding tert-OH is 1. The molecular formula is C22H41N2O6P. The van der Waals surface area contributed by atoms with Gasteiger partial charge in [-0.05, 0) is 32.6 Å². The number of quaternary nitrogens is 1. The Labute approximate surface area is 187 Å². The smallest absolute Gasteiger partial charge is 0.268 e. The van der Waals surface area contributed by atoms with E-state index in [1.165, 1.54) is 0 Å². The summed E-state index contributed by atoms with van der Waals surface area (Å²) in [5, 5.41) is 13.0. The number of allylic oxidation sites excluding steroid dienone is 5. The molecule has 0 saturated heterocycles. The second-order valence-corrected chi connectivity index (χ2v) is 9.64. The van der Waals surface area contributed by atoms with Crippen LogP contribution in [0, 0.1) is 0 Å². The molecule has 0 aliphatic heterocycles. The van der Waals surface area contributed by atoms with Gasteiger partial charge in [-0.2, -0.15) is 0 Å². The van der Waals surface area contributed by atoms with Gasteiger partial charge >= 0.3 is 0 Å². The van der Waals surface area contributed by atoms with Gasteiger partial charge in [-0.1, -0.05) is 43.4 Å². The summed E-state index contributed by atoms with van der Waals surface area (Å²) in [6, 6.07) is -0.899. The Kier molecular flexibility index (Phi) is 15.7. The van der Waals surface area contributed by atoms with Gasteiger partial charge in [0, 0.05) is 6.42 Å². The molecule has 9 heteroatoms. The molecule has 2 N–H and O–H groups in total. The van der Waals surface area contributed by atoms with Crippen molar-refractivity contribution in [1.29, 1.82) is 0 Å². The van der Waals surface area contributed by atoms with Crippen LogP contribution in [0.15, 0.2) is 36.5 Å². The molecule has 0 aromatic rings. The third-order valence-electron chi connectivity index (χ3n) is 4.24. The third kappa shape index (κ3) is 18.0. The number of hydrogen-bond donors (Lipinski definition) is 2. The van der Waals surface area contributed by atoms with Crippen LogP contribution >= 0.6 is 7.82 Å². The predicted molar refractivity (Wildman–Crippen MR) is 122 cm³/mol. The van der Waals surface area contributed by atoms with E-state index in [-0.39, 0.29) is 18.9 Å². The minimum atomic E-state index is -4.54. The zero-order valence-corrected chi connectivity index (χ0v) is 20.6. The first-order valence-corrected chi connectivity index (χ1v) is 12.3. The second-order valence-electron chi connectivity index (χ2n) is 8.23. The molecule has 0 radical (unpaired) electrons. The van der Waals surface area contributed by atoms with E-state index in [0.29, 0.717) is 11.0 Å². The molecule has 0 aromatic heterocycles. The lowest BCUT2D eigenvalue weighted by molar-refractivity contribution is -0.870. The van der Waals surface area contributed by atoms with Crippen LogP contribution < -0.4 is 10.2 Å². The van der Waals surface area contributed by atoms with Gasteiger partial charge in [0.15, 0.2) is 0 Å². The average molecular weight is 461 g/mol. The molecule has 0 heterocycles. The maximum Gasteiger partial charge on any atom is 0.268 e. The van der Waals surface area contributed by atoms with E-state index in [1.54, 1.807) is 19.1 Å². The first-order valence-electron chi connectivity index (χ1n) is 10.8. The Morgan fingerprint density at radius 3 is 2.23 bits per heavy atom. The van der Waals surface area contributed by atoms with Crippen molar-refractivity contribution in [3.63, 3.8) is 0 Å². The number of carbonyl (C=O) groups is 1. The molecule has 0 fully saturated rings. The topological polar surface area (TPSA) is 108 Å². The highest BCUT2D eigenvalue weighted by atomic mass is 31.2. The summed E-state index contributed by atoms with van der Waals surface area (Å²) in [7, 11) is 1.21. The molecule has 0 rings (SSSR count). The Bertz CT molecular complexity index is 628. The van der Waals surface area contributed by atoms with Gasteiger partial charge in [-0.15, -0.1) is 0 Å². The van der Waals surface area contributed by atoms with E-state index in [1.807, 2.05) is 34.1 Å². The van der Waals surface area contributed by atoms with Gasteiger partial charge in [0.05, 0.1) is 39.9 Å². The minimum absolute atomic E-state index is 0.0129. The number of nitrogens with zero attached hydrogens (tertiary/aromatic N) is 1. The lowest BCUT2D eigenvalue weighted by atomic mass is 10.1. The van der Waals surface area contributed by atoms with E-state index < -0.39 is 26.6 Å². The van der Waals surface area contributed by atoms with E-state index in [9.17, 15) is 19.4 Å². The van der Waals surface area contributed by atoms with Crippen LogP contribution in [-0.4, -0.2) is 68.5 Å². The van der Waals surface area contributed by atoms with Crippen LogP contribution in [0.25, 0.3) is 0 Å². The first-order chi connectivity index (χ1) is 14.5. The van der Waals surface area contributed by atoms with Gasteiger partial charge in [0.25, 0.3) is 7.82 Å². The van der Waals surface area contributed by atoms with Gasteiger partial charge in [0.2, 0.25) is 5.91 Å². The zero-order valence-electron chi connectivity index (χ0n) is 19.7. The number of likely N-dealkylation sites (N-methyl/N-ethyl adjacent to an activating group) is 1. The van der Waals surface area contributed by atoms with E-state index >= 15 is 0 Å². The highest BCUT2D eigenvalue weighted by Crippen LogP contribution is 2.38. The van der Waals surface area contributed by atoms with Crippen molar-refractivity contribution in [2.45, 2.75) is 58.1 Å². The molecule has 1 amide bonds. The number of aliphatic hydroxyl groups is 1. The summed E-state index contributed by atoms with van der Waals surface area (Å²) < 4.78 is 22.3. The molecule has 3 unspecified atom stereocenters. The first kappa shape index (κ1) is 29.7. The molecule has 180 valence electrons. The molecule has 0 spiro atoms. The number of hydrogen-bond acceptors (Lipinski definition) is 6. The quantitative estimate of drug-likeness (QED) is 0.150. The normalized spacial score (nSPS) is 16.7. The van der Waals surface area contributed by atoms with Crippen LogP contribution in [0.5, 0.6) is 0 Å². The summed E-state index contributed by atoms with van der Waals surface area (Å²) in [5.74, 6) is -0.309. The van der Waals surface area contributed by atoms with Crippen LogP contribution in [0.3, 0.4) is 0 Å². The van der Waals surface area contributed by atoms with Gasteiger partial charge < -0.3 is 28.8 Å². The molecule has 0 saturated carbocycles. The Hall–Kier alpha value is -1.28. The van der Waals surface area contributed by atoms with Crippen molar-refractivity contribution in [3.05, 3.63) is 36.5 Å².